The van der Waals surface area contributed by atoms with E-state index in [9.17, 15) is 4.79 Å². The maximum absolute atomic E-state index is 11.7. The number of carbonyl (C=O) groups excluding carboxylic acids is 1. The Morgan fingerprint density at radius 3 is 2.55 bits per heavy atom. The van der Waals surface area contributed by atoms with Crippen LogP contribution in [-0.4, -0.2) is 25.5 Å². The molecule has 0 spiro atoms. The van der Waals surface area contributed by atoms with Crippen LogP contribution in [0, 0.1) is 11.8 Å². The van der Waals surface area contributed by atoms with Crippen LogP contribution in [0.5, 0.6) is 0 Å². The second-order valence-electron chi connectivity index (χ2n) is 6.39. The van der Waals surface area contributed by atoms with Gasteiger partial charge in [-0.05, 0) is 44.2 Å². The number of rotatable bonds is 8. The minimum Gasteiger partial charge on any atom is -0.356 e. The van der Waals surface area contributed by atoms with E-state index in [1.165, 1.54) is 44.9 Å². The van der Waals surface area contributed by atoms with E-state index in [0.29, 0.717) is 0 Å². The second-order valence-corrected chi connectivity index (χ2v) is 6.39. The molecule has 0 aromatic carbocycles. The van der Waals surface area contributed by atoms with Crippen LogP contribution in [-0.2, 0) is 4.79 Å². The molecule has 1 heterocycles. The summed E-state index contributed by atoms with van der Waals surface area (Å²) in [6.07, 6.45) is 12.6. The van der Waals surface area contributed by atoms with Crippen molar-refractivity contribution in [3.8, 4) is 0 Å². The highest BCUT2D eigenvalue weighted by molar-refractivity contribution is 5.85. The molecule has 1 saturated heterocycles. The number of carbonyl (C=O) groups is 1. The fraction of sp³-hybridized carbons (Fsp3) is 0.938. The molecule has 1 aliphatic carbocycles. The predicted octanol–water partition coefficient (Wildman–Crippen LogP) is 3.27. The second kappa shape index (κ2) is 10.4. The van der Waals surface area contributed by atoms with Crippen molar-refractivity contribution in [2.75, 3.05) is 19.6 Å². The van der Waals surface area contributed by atoms with Crippen LogP contribution in [0.3, 0.4) is 0 Å². The van der Waals surface area contributed by atoms with Crippen LogP contribution in [0.15, 0.2) is 0 Å². The number of hydrogen-bond acceptors (Lipinski definition) is 2. The third kappa shape index (κ3) is 6.94. The molecule has 1 aliphatic heterocycles. The number of nitrogens with one attached hydrogen (secondary N) is 2. The summed E-state index contributed by atoms with van der Waals surface area (Å²) < 4.78 is 0. The lowest BCUT2D eigenvalue weighted by atomic mass is 10.0. The molecule has 20 heavy (non-hydrogen) atoms. The van der Waals surface area contributed by atoms with Crippen molar-refractivity contribution in [2.24, 2.45) is 11.8 Å². The average molecular weight is 303 g/mol. The quantitative estimate of drug-likeness (QED) is 0.676. The van der Waals surface area contributed by atoms with Crippen LogP contribution in [0.25, 0.3) is 0 Å². The molecular weight excluding hydrogens is 272 g/mol. The van der Waals surface area contributed by atoms with Gasteiger partial charge in [-0.25, -0.2) is 0 Å². The zero-order valence-electron chi connectivity index (χ0n) is 12.7. The molecule has 0 bridgehead atoms. The Morgan fingerprint density at radius 1 is 1.05 bits per heavy atom. The van der Waals surface area contributed by atoms with Crippen molar-refractivity contribution in [3.63, 3.8) is 0 Å². The van der Waals surface area contributed by atoms with Crippen molar-refractivity contribution in [3.05, 3.63) is 0 Å². The highest BCUT2D eigenvalue weighted by Crippen LogP contribution is 2.28. The van der Waals surface area contributed by atoms with Gasteiger partial charge in [0.05, 0.1) is 0 Å². The van der Waals surface area contributed by atoms with E-state index in [1.54, 1.807) is 0 Å². The van der Waals surface area contributed by atoms with Gasteiger partial charge in [0.2, 0.25) is 5.91 Å². The first-order valence-electron chi connectivity index (χ1n) is 8.32. The molecule has 118 valence electrons. The highest BCUT2D eigenvalue weighted by atomic mass is 35.5. The van der Waals surface area contributed by atoms with E-state index < -0.39 is 0 Å². The van der Waals surface area contributed by atoms with Crippen molar-refractivity contribution in [2.45, 2.75) is 64.2 Å². The maximum Gasteiger partial charge on any atom is 0.220 e. The third-order valence-electron chi connectivity index (χ3n) is 4.78. The van der Waals surface area contributed by atoms with Crippen LogP contribution in [0.2, 0.25) is 0 Å². The minimum absolute atomic E-state index is 0. The molecule has 2 N–H and O–H groups in total. The van der Waals surface area contributed by atoms with Crippen LogP contribution >= 0.6 is 12.4 Å². The Morgan fingerprint density at radius 2 is 1.85 bits per heavy atom. The van der Waals surface area contributed by atoms with Gasteiger partial charge in [-0.2, -0.15) is 0 Å². The van der Waals surface area contributed by atoms with E-state index in [-0.39, 0.29) is 18.3 Å². The summed E-state index contributed by atoms with van der Waals surface area (Å²) in [6.45, 7) is 3.12. The number of hydrogen-bond donors (Lipinski definition) is 2. The molecule has 2 aliphatic rings. The SMILES string of the molecule is Cl.O=C(CCC1CCNC1)NCCCCC1CCCC1. The van der Waals surface area contributed by atoms with Gasteiger partial charge < -0.3 is 10.6 Å². The van der Waals surface area contributed by atoms with Gasteiger partial charge in [-0.15, -0.1) is 12.4 Å². The van der Waals surface area contributed by atoms with Gasteiger partial charge in [0.1, 0.15) is 0 Å². The van der Waals surface area contributed by atoms with E-state index in [0.717, 1.165) is 50.7 Å². The predicted molar refractivity (Wildman–Crippen MR) is 86.3 cm³/mol. The first-order valence-corrected chi connectivity index (χ1v) is 8.32. The fourth-order valence-electron chi connectivity index (χ4n) is 3.47. The molecule has 4 heteroatoms. The Labute approximate surface area is 130 Å². The third-order valence-corrected chi connectivity index (χ3v) is 4.78. The van der Waals surface area contributed by atoms with Gasteiger partial charge in [0.25, 0.3) is 0 Å². The van der Waals surface area contributed by atoms with Crippen LogP contribution in [0.1, 0.15) is 64.2 Å². The van der Waals surface area contributed by atoms with E-state index in [2.05, 4.69) is 10.6 Å². The largest absolute Gasteiger partial charge is 0.356 e. The normalized spacial score (nSPS) is 22.7. The molecular formula is C16H31ClN2O. The van der Waals surface area contributed by atoms with E-state index in [1.807, 2.05) is 0 Å². The summed E-state index contributed by atoms with van der Waals surface area (Å²) in [7, 11) is 0. The van der Waals surface area contributed by atoms with Gasteiger partial charge in [0.15, 0.2) is 0 Å². The Kier molecular flexibility index (Phi) is 9.28. The Balaban J connectivity index is 0.00000200. The smallest absolute Gasteiger partial charge is 0.220 e. The number of halogens is 1. The lowest BCUT2D eigenvalue weighted by Gasteiger charge is -2.10. The molecule has 0 aromatic rings. The zero-order valence-corrected chi connectivity index (χ0v) is 13.5. The topological polar surface area (TPSA) is 41.1 Å². The highest BCUT2D eigenvalue weighted by Gasteiger charge is 2.16. The standard InChI is InChI=1S/C16H30N2O.ClH/c19-16(9-8-15-10-12-17-13-15)18-11-4-3-7-14-5-1-2-6-14;/h14-15,17H,1-13H2,(H,18,19);1H. The number of amides is 1. The summed E-state index contributed by atoms with van der Waals surface area (Å²) in [6, 6.07) is 0. The van der Waals surface area contributed by atoms with Gasteiger partial charge >= 0.3 is 0 Å². The monoisotopic (exact) mass is 302 g/mol. The van der Waals surface area contributed by atoms with Crippen molar-refractivity contribution < 1.29 is 4.79 Å². The number of unbranched alkanes of at least 4 members (excludes halogenated alkanes) is 1. The first-order chi connectivity index (χ1) is 9.34. The van der Waals surface area contributed by atoms with Crippen molar-refractivity contribution in [1.29, 1.82) is 0 Å². The van der Waals surface area contributed by atoms with Gasteiger partial charge in [-0.1, -0.05) is 38.5 Å². The van der Waals surface area contributed by atoms with Crippen LogP contribution in [0.4, 0.5) is 0 Å². The molecule has 2 rings (SSSR count). The summed E-state index contributed by atoms with van der Waals surface area (Å²) >= 11 is 0. The van der Waals surface area contributed by atoms with Gasteiger partial charge in [-0.3, -0.25) is 4.79 Å². The molecule has 1 atom stereocenters. The van der Waals surface area contributed by atoms with Crippen molar-refractivity contribution in [1.82, 2.24) is 10.6 Å². The lowest BCUT2D eigenvalue weighted by Crippen LogP contribution is -2.25. The maximum atomic E-state index is 11.7. The summed E-state index contributed by atoms with van der Waals surface area (Å²) in [5.41, 5.74) is 0. The first kappa shape index (κ1) is 17.8. The lowest BCUT2D eigenvalue weighted by molar-refractivity contribution is -0.121. The molecule has 0 radical (unpaired) electrons. The Hall–Kier alpha value is -0.280. The summed E-state index contributed by atoms with van der Waals surface area (Å²) in [5.74, 6) is 1.98. The average Bonchev–Trinajstić information content (AvgIpc) is 3.09. The van der Waals surface area contributed by atoms with Crippen LogP contribution < -0.4 is 10.6 Å². The van der Waals surface area contributed by atoms with Gasteiger partial charge in [0, 0.05) is 13.0 Å². The molecule has 2 fully saturated rings. The molecule has 0 aromatic heterocycles. The minimum atomic E-state index is 0. The zero-order chi connectivity index (χ0) is 13.3. The summed E-state index contributed by atoms with van der Waals surface area (Å²) in [5, 5.41) is 6.42. The molecule has 1 unspecified atom stereocenters. The molecule has 1 amide bonds. The van der Waals surface area contributed by atoms with E-state index >= 15 is 0 Å². The summed E-state index contributed by atoms with van der Waals surface area (Å²) in [4.78, 5) is 11.7. The fourth-order valence-corrected chi connectivity index (χ4v) is 3.47. The molecule has 1 saturated carbocycles. The molecule has 3 nitrogen and oxygen atoms in total. The van der Waals surface area contributed by atoms with Crippen molar-refractivity contribution >= 4 is 18.3 Å². The Bertz CT molecular complexity index is 261. The van der Waals surface area contributed by atoms with E-state index in [4.69, 9.17) is 0 Å².